The normalized spacial score (nSPS) is 17.4. The number of likely N-dealkylation sites (N-methyl/N-ethyl adjacent to an activating group) is 1. The minimum absolute atomic E-state index is 0.0191. The van der Waals surface area contributed by atoms with Gasteiger partial charge >= 0.3 is 0 Å². The summed E-state index contributed by atoms with van der Waals surface area (Å²) in [4.78, 5) is 17.0. The van der Waals surface area contributed by atoms with Crippen molar-refractivity contribution in [3.05, 3.63) is 59.4 Å². The molecule has 3 nitrogen and oxygen atoms in total. The maximum Gasteiger partial charge on any atom is 0.251 e. The van der Waals surface area contributed by atoms with E-state index in [0.717, 1.165) is 34.9 Å². The summed E-state index contributed by atoms with van der Waals surface area (Å²) in [6, 6.07) is 12.7. The third kappa shape index (κ3) is 4.65. The maximum atomic E-state index is 13.0. The van der Waals surface area contributed by atoms with Crippen molar-refractivity contribution in [2.75, 3.05) is 19.6 Å². The Morgan fingerprint density at radius 1 is 1.27 bits per heavy atom. The number of hydrogen-bond acceptors (Lipinski definition) is 3. The third-order valence-electron chi connectivity index (χ3n) is 4.88. The quantitative estimate of drug-likeness (QED) is 0.810. The van der Waals surface area contributed by atoms with Crippen LogP contribution in [-0.4, -0.2) is 36.5 Å². The Morgan fingerprint density at radius 2 is 2.04 bits per heavy atom. The lowest BCUT2D eigenvalue weighted by Gasteiger charge is -2.22. The van der Waals surface area contributed by atoms with Crippen LogP contribution in [0, 0.1) is 12.7 Å². The van der Waals surface area contributed by atoms with Crippen LogP contribution in [0.2, 0.25) is 0 Å². The Morgan fingerprint density at radius 3 is 2.73 bits per heavy atom. The Balaban J connectivity index is 1.61. The number of aryl methyl sites for hydroxylation is 1. The van der Waals surface area contributed by atoms with Crippen LogP contribution in [0.3, 0.4) is 0 Å². The molecule has 1 atom stereocenters. The van der Waals surface area contributed by atoms with E-state index in [9.17, 15) is 9.18 Å². The fourth-order valence-corrected chi connectivity index (χ4v) is 4.27. The number of rotatable bonds is 6. The number of hydrogen-bond donors (Lipinski definition) is 1. The number of likely N-dealkylation sites (tertiary alicyclic amines) is 1. The van der Waals surface area contributed by atoms with Gasteiger partial charge in [-0.2, -0.15) is 0 Å². The average molecular weight is 373 g/mol. The molecule has 1 aliphatic heterocycles. The molecule has 1 unspecified atom stereocenters. The van der Waals surface area contributed by atoms with Gasteiger partial charge in [0.15, 0.2) is 0 Å². The van der Waals surface area contributed by atoms with Gasteiger partial charge in [0.25, 0.3) is 5.91 Å². The third-order valence-corrected chi connectivity index (χ3v) is 6.07. The van der Waals surface area contributed by atoms with Gasteiger partial charge in [-0.25, -0.2) is 4.39 Å². The van der Waals surface area contributed by atoms with E-state index < -0.39 is 0 Å². The van der Waals surface area contributed by atoms with Gasteiger partial charge in [0.05, 0.1) is 0 Å². The van der Waals surface area contributed by atoms with E-state index in [2.05, 4.69) is 17.1 Å². The molecule has 26 heavy (non-hydrogen) atoms. The van der Waals surface area contributed by atoms with Gasteiger partial charge in [-0.3, -0.25) is 9.69 Å². The zero-order valence-electron chi connectivity index (χ0n) is 15.3. The first-order valence-electron chi connectivity index (χ1n) is 9.13. The molecule has 0 radical (unpaired) electrons. The fraction of sp³-hybridized carbons (Fsp3) is 0.381. The Bertz CT molecular complexity index is 763. The number of nitrogens with one attached hydrogen (secondary N) is 1. The van der Waals surface area contributed by atoms with Gasteiger partial charge in [-0.1, -0.05) is 18.7 Å². The molecule has 0 spiro atoms. The molecule has 1 saturated heterocycles. The zero-order valence-corrected chi connectivity index (χ0v) is 16.1. The molecule has 0 aromatic heterocycles. The lowest BCUT2D eigenvalue weighted by Crippen LogP contribution is -2.40. The number of halogens is 1. The van der Waals surface area contributed by atoms with E-state index in [1.807, 2.05) is 25.1 Å². The molecule has 1 heterocycles. The topological polar surface area (TPSA) is 32.3 Å². The van der Waals surface area contributed by atoms with Crippen LogP contribution in [0.5, 0.6) is 0 Å². The van der Waals surface area contributed by atoms with Crippen molar-refractivity contribution in [1.82, 2.24) is 10.2 Å². The summed E-state index contributed by atoms with van der Waals surface area (Å²) >= 11 is 1.58. The SMILES string of the molecule is CCN1CCCC1CNC(=O)c1ccc(Sc2ccc(F)cc2)c(C)c1. The van der Waals surface area contributed by atoms with Crippen LogP contribution in [0.4, 0.5) is 4.39 Å². The summed E-state index contributed by atoms with van der Waals surface area (Å²) in [6.07, 6.45) is 2.36. The predicted molar refractivity (Wildman–Crippen MR) is 104 cm³/mol. The van der Waals surface area contributed by atoms with Crippen molar-refractivity contribution in [1.29, 1.82) is 0 Å². The molecule has 0 bridgehead atoms. The highest BCUT2D eigenvalue weighted by Gasteiger charge is 2.23. The molecular formula is C21H25FN2OS. The van der Waals surface area contributed by atoms with Crippen LogP contribution in [0.15, 0.2) is 52.3 Å². The Kier molecular flexibility index (Phi) is 6.33. The highest BCUT2D eigenvalue weighted by Crippen LogP contribution is 2.30. The monoisotopic (exact) mass is 372 g/mol. The Hall–Kier alpha value is -1.85. The van der Waals surface area contributed by atoms with E-state index in [0.29, 0.717) is 18.2 Å². The van der Waals surface area contributed by atoms with Crippen molar-refractivity contribution >= 4 is 17.7 Å². The molecular weight excluding hydrogens is 347 g/mol. The van der Waals surface area contributed by atoms with Gasteiger partial charge in [0.2, 0.25) is 0 Å². The van der Waals surface area contributed by atoms with Crippen molar-refractivity contribution in [2.45, 2.75) is 42.5 Å². The van der Waals surface area contributed by atoms with E-state index in [1.54, 1.807) is 23.9 Å². The van der Waals surface area contributed by atoms with Crippen molar-refractivity contribution in [2.24, 2.45) is 0 Å². The highest BCUT2D eigenvalue weighted by atomic mass is 32.2. The molecule has 0 saturated carbocycles. The summed E-state index contributed by atoms with van der Waals surface area (Å²) in [7, 11) is 0. The molecule has 2 aromatic carbocycles. The fourth-order valence-electron chi connectivity index (χ4n) is 3.39. The smallest absolute Gasteiger partial charge is 0.251 e. The largest absolute Gasteiger partial charge is 0.350 e. The molecule has 0 aliphatic carbocycles. The van der Waals surface area contributed by atoms with Gasteiger partial charge < -0.3 is 5.32 Å². The number of amides is 1. The van der Waals surface area contributed by atoms with Gasteiger partial charge in [0, 0.05) is 27.9 Å². The summed E-state index contributed by atoms with van der Waals surface area (Å²) in [5, 5.41) is 3.08. The second kappa shape index (κ2) is 8.69. The first kappa shape index (κ1) is 18.9. The second-order valence-corrected chi connectivity index (χ2v) is 7.79. The maximum absolute atomic E-state index is 13.0. The van der Waals surface area contributed by atoms with Gasteiger partial charge in [-0.15, -0.1) is 0 Å². The summed E-state index contributed by atoms with van der Waals surface area (Å²) in [5.74, 6) is -0.253. The highest BCUT2D eigenvalue weighted by molar-refractivity contribution is 7.99. The van der Waals surface area contributed by atoms with E-state index in [1.165, 1.54) is 18.6 Å². The van der Waals surface area contributed by atoms with Gasteiger partial charge in [0.1, 0.15) is 5.82 Å². The van der Waals surface area contributed by atoms with E-state index >= 15 is 0 Å². The number of carbonyl (C=O) groups excluding carboxylic acids is 1. The van der Waals surface area contributed by atoms with Crippen molar-refractivity contribution in [3.8, 4) is 0 Å². The summed E-state index contributed by atoms with van der Waals surface area (Å²) in [6.45, 7) is 7.04. The number of nitrogens with zero attached hydrogens (tertiary/aromatic N) is 1. The number of carbonyl (C=O) groups is 1. The molecule has 2 aromatic rings. The molecule has 1 amide bonds. The minimum Gasteiger partial charge on any atom is -0.350 e. The van der Waals surface area contributed by atoms with Crippen LogP contribution < -0.4 is 5.32 Å². The molecule has 138 valence electrons. The zero-order chi connectivity index (χ0) is 18.5. The molecule has 5 heteroatoms. The average Bonchev–Trinajstić information content (AvgIpc) is 3.10. The van der Waals surface area contributed by atoms with Crippen LogP contribution in [-0.2, 0) is 0 Å². The lowest BCUT2D eigenvalue weighted by molar-refractivity contribution is 0.0941. The predicted octanol–water partition coefficient (Wildman–Crippen LogP) is 4.50. The first-order chi connectivity index (χ1) is 12.6. The second-order valence-electron chi connectivity index (χ2n) is 6.67. The van der Waals surface area contributed by atoms with E-state index in [4.69, 9.17) is 0 Å². The molecule has 1 N–H and O–H groups in total. The number of benzene rings is 2. The summed E-state index contributed by atoms with van der Waals surface area (Å²) < 4.78 is 13.0. The lowest BCUT2D eigenvalue weighted by atomic mass is 10.1. The standard InChI is InChI=1S/C21H25FN2OS/c1-3-24-12-4-5-18(24)14-23-21(25)16-6-11-20(15(2)13-16)26-19-9-7-17(22)8-10-19/h6-11,13,18H,3-5,12,14H2,1-2H3,(H,23,25). The van der Waals surface area contributed by atoms with Crippen molar-refractivity contribution < 1.29 is 9.18 Å². The van der Waals surface area contributed by atoms with Crippen LogP contribution in [0.1, 0.15) is 35.7 Å². The molecule has 3 rings (SSSR count). The molecule has 1 aliphatic rings. The summed E-state index contributed by atoms with van der Waals surface area (Å²) in [5.41, 5.74) is 1.73. The first-order valence-corrected chi connectivity index (χ1v) is 9.95. The van der Waals surface area contributed by atoms with Crippen LogP contribution >= 0.6 is 11.8 Å². The molecule has 1 fully saturated rings. The van der Waals surface area contributed by atoms with Crippen molar-refractivity contribution in [3.63, 3.8) is 0 Å². The minimum atomic E-state index is -0.234. The van der Waals surface area contributed by atoms with E-state index in [-0.39, 0.29) is 11.7 Å². The van der Waals surface area contributed by atoms with Gasteiger partial charge in [-0.05, 0) is 80.9 Å². The Labute approximate surface area is 159 Å². The van der Waals surface area contributed by atoms with Crippen LogP contribution in [0.25, 0.3) is 0 Å².